The summed E-state index contributed by atoms with van der Waals surface area (Å²) in [5.41, 5.74) is 1.91. The van der Waals surface area contributed by atoms with Crippen LogP contribution in [0.5, 0.6) is 0 Å². The minimum atomic E-state index is -3.61. The van der Waals surface area contributed by atoms with E-state index in [1.807, 2.05) is 6.07 Å². The van der Waals surface area contributed by atoms with E-state index in [0.29, 0.717) is 22.0 Å². The molecule has 0 amide bonds. The highest BCUT2D eigenvalue weighted by molar-refractivity contribution is 9.27. The number of benzene rings is 2. The second kappa shape index (κ2) is 6.83. The van der Waals surface area contributed by atoms with Crippen molar-refractivity contribution in [3.05, 3.63) is 60.0 Å². The van der Waals surface area contributed by atoms with E-state index in [-0.39, 0.29) is 16.4 Å². The van der Waals surface area contributed by atoms with Gasteiger partial charge in [0.25, 0.3) is 0 Å². The molecule has 25 heavy (non-hydrogen) atoms. The van der Waals surface area contributed by atoms with Crippen LogP contribution in [0.25, 0.3) is 22.0 Å². The van der Waals surface area contributed by atoms with Gasteiger partial charge in [0.05, 0.1) is 10.4 Å². The van der Waals surface area contributed by atoms with E-state index in [1.165, 1.54) is 24.3 Å². The molecular weight excluding hydrogens is 475 g/mol. The summed E-state index contributed by atoms with van der Waals surface area (Å²) >= 11 is 6.01. The molecule has 2 aromatic carbocycles. The first-order valence-corrected chi connectivity index (χ1v) is 10.3. The van der Waals surface area contributed by atoms with Crippen LogP contribution in [-0.2, 0) is 9.84 Å². The molecule has 0 bridgehead atoms. The zero-order valence-electron chi connectivity index (χ0n) is 12.4. The van der Waals surface area contributed by atoms with Gasteiger partial charge >= 0.3 is 0 Å². The highest BCUT2D eigenvalue weighted by Crippen LogP contribution is 2.32. The average molecular weight is 484 g/mol. The molecule has 0 aliphatic rings. The van der Waals surface area contributed by atoms with E-state index in [2.05, 4.69) is 36.8 Å². The van der Waals surface area contributed by atoms with Gasteiger partial charge in [-0.2, -0.15) is 5.26 Å². The Morgan fingerprint density at radius 1 is 1.08 bits per heavy atom. The maximum absolute atomic E-state index is 13.2. The van der Waals surface area contributed by atoms with Crippen molar-refractivity contribution >= 4 is 52.6 Å². The maximum Gasteiger partial charge on any atom is 0.201 e. The van der Waals surface area contributed by atoms with Crippen molar-refractivity contribution in [3.63, 3.8) is 0 Å². The number of aromatic nitrogens is 1. The fourth-order valence-electron chi connectivity index (χ4n) is 2.41. The third kappa shape index (κ3) is 3.45. The Morgan fingerprint density at radius 2 is 1.76 bits per heavy atom. The zero-order valence-corrected chi connectivity index (χ0v) is 16.4. The highest BCUT2D eigenvalue weighted by atomic mass is 79.9. The van der Waals surface area contributed by atoms with E-state index in [9.17, 15) is 18.1 Å². The molecule has 1 aromatic heterocycles. The zero-order chi connectivity index (χ0) is 18.2. The van der Waals surface area contributed by atoms with Gasteiger partial charge in [-0.25, -0.2) is 17.8 Å². The van der Waals surface area contributed by atoms with Crippen LogP contribution < -0.4 is 0 Å². The monoisotopic (exact) mass is 482 g/mol. The Kier molecular flexibility index (Phi) is 4.91. The fraction of sp³-hybridized carbons (Fsp3) is 0.0588. The molecule has 0 unspecified atom stereocenters. The van der Waals surface area contributed by atoms with Gasteiger partial charge in [-0.05, 0) is 41.5 Å². The molecule has 126 valence electrons. The van der Waals surface area contributed by atoms with Crippen LogP contribution in [0.15, 0.2) is 53.4 Å². The lowest BCUT2D eigenvalue weighted by Crippen LogP contribution is -2.08. The molecule has 4 nitrogen and oxygen atoms in total. The molecule has 0 spiro atoms. The van der Waals surface area contributed by atoms with Gasteiger partial charge in [-0.1, -0.05) is 50.1 Å². The van der Waals surface area contributed by atoms with Crippen LogP contribution in [0.1, 0.15) is 5.69 Å². The number of nitrogens with zero attached hydrogens (tertiary/aromatic N) is 2. The van der Waals surface area contributed by atoms with Gasteiger partial charge in [0, 0.05) is 5.39 Å². The molecule has 0 fully saturated rings. The minimum absolute atomic E-state index is 0.0754. The molecule has 1 heterocycles. The van der Waals surface area contributed by atoms with E-state index in [1.54, 1.807) is 24.3 Å². The Hall–Kier alpha value is -1.82. The van der Waals surface area contributed by atoms with Crippen molar-refractivity contribution in [2.45, 2.75) is 7.96 Å². The number of nitriles is 1. The van der Waals surface area contributed by atoms with Crippen molar-refractivity contribution in [3.8, 4) is 17.2 Å². The molecule has 0 aliphatic heterocycles. The minimum Gasteiger partial charge on any atom is -0.237 e. The molecule has 0 aliphatic carbocycles. The summed E-state index contributed by atoms with van der Waals surface area (Å²) in [6, 6.07) is 14.0. The van der Waals surface area contributed by atoms with Gasteiger partial charge in [0.1, 0.15) is 17.6 Å². The molecule has 0 saturated carbocycles. The van der Waals surface area contributed by atoms with Gasteiger partial charge in [0.2, 0.25) is 9.84 Å². The number of pyridine rings is 1. The van der Waals surface area contributed by atoms with Gasteiger partial charge in [-0.3, -0.25) is 0 Å². The van der Waals surface area contributed by atoms with Crippen LogP contribution in [0.3, 0.4) is 0 Å². The summed E-state index contributed by atoms with van der Waals surface area (Å²) in [5.74, 6) is -0.364. The predicted molar refractivity (Wildman–Crippen MR) is 101 cm³/mol. The van der Waals surface area contributed by atoms with Gasteiger partial charge in [-0.15, -0.1) is 0 Å². The van der Waals surface area contributed by atoms with Crippen molar-refractivity contribution in [1.82, 2.24) is 4.98 Å². The summed E-state index contributed by atoms with van der Waals surface area (Å²) in [7, 11) is -3.61. The maximum atomic E-state index is 13.2. The Labute approximate surface area is 160 Å². The number of rotatable bonds is 3. The van der Waals surface area contributed by atoms with Crippen molar-refractivity contribution in [1.29, 1.82) is 5.26 Å². The summed E-state index contributed by atoms with van der Waals surface area (Å²) < 4.78 is 36.8. The van der Waals surface area contributed by atoms with E-state index in [0.717, 1.165) is 0 Å². The predicted octanol–water partition coefficient (Wildman–Crippen LogP) is 4.76. The summed E-state index contributed by atoms with van der Waals surface area (Å²) in [5, 5.41) is 9.90. The second-order valence-corrected chi connectivity index (χ2v) is 11.5. The van der Waals surface area contributed by atoms with Crippen LogP contribution >= 0.6 is 31.9 Å². The number of fused-ring (bicyclic) bond motifs is 1. The number of sulfone groups is 1. The number of hydrogen-bond donors (Lipinski definition) is 0. The van der Waals surface area contributed by atoms with Crippen LogP contribution in [0.4, 0.5) is 4.39 Å². The normalized spacial score (nSPS) is 11.6. The first kappa shape index (κ1) is 18.0. The molecular formula is C17H9Br2FN2O2S. The van der Waals surface area contributed by atoms with Gasteiger partial charge < -0.3 is 0 Å². The SMILES string of the molecule is N#Cc1cc(-c2ccc(F)cc2)c2ccc(S(=O)(=O)C(Br)Br)cc2n1. The van der Waals surface area contributed by atoms with E-state index < -0.39 is 12.9 Å². The average Bonchev–Trinajstić information content (AvgIpc) is 2.60. The quantitative estimate of drug-likeness (QED) is 0.503. The largest absolute Gasteiger partial charge is 0.237 e. The lowest BCUT2D eigenvalue weighted by Gasteiger charge is -2.10. The molecule has 3 aromatic rings. The van der Waals surface area contributed by atoms with Crippen LogP contribution in [-0.4, -0.2) is 16.5 Å². The van der Waals surface area contributed by atoms with E-state index in [4.69, 9.17) is 0 Å². The summed E-state index contributed by atoms with van der Waals surface area (Å²) in [4.78, 5) is 4.28. The molecule has 0 atom stereocenters. The molecule has 0 saturated heterocycles. The first-order valence-electron chi connectivity index (χ1n) is 6.96. The second-order valence-electron chi connectivity index (χ2n) is 5.16. The highest BCUT2D eigenvalue weighted by Gasteiger charge is 2.23. The topological polar surface area (TPSA) is 70.8 Å². The summed E-state index contributed by atoms with van der Waals surface area (Å²) in [6.45, 7) is 0. The Bertz CT molecular complexity index is 1110. The molecule has 0 N–H and O–H groups in total. The lowest BCUT2D eigenvalue weighted by atomic mass is 10.0. The number of halogens is 3. The van der Waals surface area contributed by atoms with Crippen molar-refractivity contribution in [2.24, 2.45) is 0 Å². The van der Waals surface area contributed by atoms with Gasteiger partial charge in [0.15, 0.2) is 3.07 Å². The van der Waals surface area contributed by atoms with Crippen molar-refractivity contribution in [2.75, 3.05) is 0 Å². The van der Waals surface area contributed by atoms with Crippen LogP contribution in [0.2, 0.25) is 0 Å². The van der Waals surface area contributed by atoms with E-state index >= 15 is 0 Å². The Morgan fingerprint density at radius 3 is 2.36 bits per heavy atom. The smallest absolute Gasteiger partial charge is 0.201 e. The third-order valence-corrected chi connectivity index (χ3v) is 7.95. The fourth-order valence-corrected chi connectivity index (χ4v) is 4.45. The molecule has 8 heteroatoms. The van der Waals surface area contributed by atoms with Crippen LogP contribution in [0, 0.1) is 17.1 Å². The number of alkyl halides is 2. The Balaban J connectivity index is 2.29. The lowest BCUT2D eigenvalue weighted by molar-refractivity contribution is 0.600. The standard InChI is InChI=1S/C17H9Br2FN2O2S/c18-17(19)25(23,24)13-5-6-14-15(10-1-3-11(20)4-2-10)7-12(9-21)22-16(14)8-13/h1-8,17H. The molecule has 3 rings (SSSR count). The first-order chi connectivity index (χ1) is 11.8. The summed E-state index contributed by atoms with van der Waals surface area (Å²) in [6.07, 6.45) is 0. The molecule has 0 radical (unpaired) electrons. The number of hydrogen-bond acceptors (Lipinski definition) is 4. The third-order valence-electron chi connectivity index (χ3n) is 3.61. The van der Waals surface area contributed by atoms with Crippen molar-refractivity contribution < 1.29 is 12.8 Å².